The van der Waals surface area contributed by atoms with E-state index in [9.17, 15) is 0 Å². The quantitative estimate of drug-likeness (QED) is 0.837. The number of rotatable bonds is 2. The standard InChI is InChI=1S/C19H25NO2/c1-20-9-8-19-12-15(22-3)6-7-16(19)18(20)10-13-4-5-14(21-2)11-17(13)19/h4-5,11-12,16,18H,6-10H2,1-3H3/t16-,18+,19-/m0/s1. The maximum atomic E-state index is 5.64. The molecule has 1 aliphatic heterocycles. The summed E-state index contributed by atoms with van der Waals surface area (Å²) in [7, 11) is 5.86. The number of methoxy groups -OCH3 is 2. The number of ether oxygens (including phenoxy) is 2. The lowest BCUT2D eigenvalue weighted by Crippen LogP contribution is -2.59. The lowest BCUT2D eigenvalue weighted by Gasteiger charge is -2.56. The van der Waals surface area contributed by atoms with Crippen LogP contribution in [0.25, 0.3) is 0 Å². The minimum absolute atomic E-state index is 0.142. The van der Waals surface area contributed by atoms with Crippen molar-refractivity contribution in [2.45, 2.75) is 37.1 Å². The predicted octanol–water partition coefficient (Wildman–Crippen LogP) is 3.13. The summed E-state index contributed by atoms with van der Waals surface area (Å²) in [6, 6.07) is 7.31. The van der Waals surface area contributed by atoms with Crippen LogP contribution in [0.2, 0.25) is 0 Å². The Kier molecular flexibility index (Phi) is 3.23. The molecule has 0 radical (unpaired) electrons. The summed E-state index contributed by atoms with van der Waals surface area (Å²) < 4.78 is 11.1. The molecule has 0 N–H and O–H groups in total. The summed E-state index contributed by atoms with van der Waals surface area (Å²) in [5.74, 6) is 2.84. The van der Waals surface area contributed by atoms with Gasteiger partial charge in [0.1, 0.15) is 5.75 Å². The van der Waals surface area contributed by atoms with Crippen molar-refractivity contribution in [2.75, 3.05) is 27.8 Å². The fraction of sp³-hybridized carbons (Fsp3) is 0.579. The monoisotopic (exact) mass is 299 g/mol. The molecule has 118 valence electrons. The van der Waals surface area contributed by atoms with E-state index in [1.165, 1.54) is 30.4 Å². The molecular formula is C19H25NO2. The number of benzene rings is 1. The van der Waals surface area contributed by atoms with Crippen LogP contribution in [0.1, 0.15) is 30.4 Å². The third kappa shape index (κ3) is 1.84. The average molecular weight is 299 g/mol. The Hall–Kier alpha value is -1.48. The largest absolute Gasteiger partial charge is 0.501 e. The second-order valence-electron chi connectivity index (χ2n) is 7.03. The van der Waals surface area contributed by atoms with Gasteiger partial charge in [-0.15, -0.1) is 0 Å². The summed E-state index contributed by atoms with van der Waals surface area (Å²) in [5.41, 5.74) is 3.11. The van der Waals surface area contributed by atoms with Gasteiger partial charge in [0.15, 0.2) is 0 Å². The first kappa shape index (κ1) is 14.1. The van der Waals surface area contributed by atoms with Crippen molar-refractivity contribution in [1.82, 2.24) is 4.90 Å². The number of nitrogens with zero attached hydrogens (tertiary/aromatic N) is 1. The fourth-order valence-corrected chi connectivity index (χ4v) is 5.04. The number of piperidine rings is 1. The maximum absolute atomic E-state index is 5.64. The molecule has 4 rings (SSSR count). The summed E-state index contributed by atoms with van der Waals surface area (Å²) in [5, 5.41) is 0. The van der Waals surface area contributed by atoms with Crippen LogP contribution in [-0.4, -0.2) is 38.8 Å². The molecule has 1 aromatic rings. The second-order valence-corrected chi connectivity index (χ2v) is 7.03. The van der Waals surface area contributed by atoms with Crippen LogP contribution >= 0.6 is 0 Å². The molecule has 3 atom stereocenters. The minimum atomic E-state index is 0.142. The Morgan fingerprint density at radius 1 is 1.23 bits per heavy atom. The van der Waals surface area contributed by atoms with Crippen molar-refractivity contribution in [3.8, 4) is 5.75 Å². The van der Waals surface area contributed by atoms with Gasteiger partial charge in [-0.1, -0.05) is 6.07 Å². The predicted molar refractivity (Wildman–Crippen MR) is 87.2 cm³/mol. The number of likely N-dealkylation sites (N-methyl/N-ethyl adjacent to an activating group) is 1. The maximum Gasteiger partial charge on any atom is 0.119 e. The third-order valence-electron chi connectivity index (χ3n) is 6.20. The highest BCUT2D eigenvalue weighted by Crippen LogP contribution is 2.54. The first-order valence-electron chi connectivity index (χ1n) is 8.31. The van der Waals surface area contributed by atoms with E-state index in [2.05, 4.69) is 36.2 Å². The summed E-state index contributed by atoms with van der Waals surface area (Å²) in [6.45, 7) is 1.16. The van der Waals surface area contributed by atoms with Gasteiger partial charge in [0.2, 0.25) is 0 Å². The number of likely N-dealkylation sites (tertiary alicyclic amines) is 1. The topological polar surface area (TPSA) is 21.7 Å². The van der Waals surface area contributed by atoms with Crippen molar-refractivity contribution in [2.24, 2.45) is 5.92 Å². The van der Waals surface area contributed by atoms with Crippen LogP contribution in [-0.2, 0) is 16.6 Å². The highest BCUT2D eigenvalue weighted by Gasteiger charge is 2.52. The van der Waals surface area contributed by atoms with Crippen molar-refractivity contribution >= 4 is 0 Å². The second kappa shape index (κ2) is 5.02. The number of hydrogen-bond donors (Lipinski definition) is 0. The van der Waals surface area contributed by atoms with Crippen molar-refractivity contribution < 1.29 is 9.47 Å². The molecule has 2 aliphatic carbocycles. The Morgan fingerprint density at radius 3 is 2.86 bits per heavy atom. The molecule has 1 fully saturated rings. The molecule has 0 unspecified atom stereocenters. The molecule has 3 nitrogen and oxygen atoms in total. The molecule has 3 heteroatoms. The lowest BCUT2D eigenvalue weighted by molar-refractivity contribution is 0.0363. The lowest BCUT2D eigenvalue weighted by atomic mass is 9.54. The van der Waals surface area contributed by atoms with E-state index in [-0.39, 0.29) is 5.41 Å². The summed E-state index contributed by atoms with van der Waals surface area (Å²) in [6.07, 6.45) is 7.09. The SMILES string of the molecule is COC1=C[C@]23CCN(C)[C@H](Cc4ccc(OC)cc42)[C@@H]3CC1. The van der Waals surface area contributed by atoms with Crippen LogP contribution in [0.5, 0.6) is 5.75 Å². The molecule has 0 amide bonds. The molecule has 1 saturated heterocycles. The van der Waals surface area contributed by atoms with E-state index in [0.717, 1.165) is 24.5 Å². The molecule has 0 aromatic heterocycles. The third-order valence-corrected chi connectivity index (χ3v) is 6.20. The smallest absolute Gasteiger partial charge is 0.119 e. The molecule has 2 bridgehead atoms. The van der Waals surface area contributed by atoms with E-state index in [1.54, 1.807) is 7.11 Å². The highest BCUT2D eigenvalue weighted by molar-refractivity contribution is 5.49. The first-order chi connectivity index (χ1) is 10.7. The van der Waals surface area contributed by atoms with Crippen molar-refractivity contribution in [3.05, 3.63) is 41.2 Å². The van der Waals surface area contributed by atoms with Crippen LogP contribution < -0.4 is 4.74 Å². The molecular weight excluding hydrogens is 274 g/mol. The summed E-state index contributed by atoms with van der Waals surface area (Å²) >= 11 is 0. The number of fused-ring (bicyclic) bond motifs is 1. The van der Waals surface area contributed by atoms with E-state index in [4.69, 9.17) is 9.47 Å². The van der Waals surface area contributed by atoms with Crippen LogP contribution in [0.15, 0.2) is 30.0 Å². The fourth-order valence-electron chi connectivity index (χ4n) is 5.04. The van der Waals surface area contributed by atoms with Gasteiger partial charge in [-0.25, -0.2) is 0 Å². The van der Waals surface area contributed by atoms with Crippen LogP contribution in [0.3, 0.4) is 0 Å². The van der Waals surface area contributed by atoms with Crippen molar-refractivity contribution in [3.63, 3.8) is 0 Å². The van der Waals surface area contributed by atoms with E-state index < -0.39 is 0 Å². The van der Waals surface area contributed by atoms with Gasteiger partial charge in [-0.3, -0.25) is 0 Å². The zero-order valence-corrected chi connectivity index (χ0v) is 13.8. The zero-order chi connectivity index (χ0) is 15.3. The Balaban J connectivity index is 1.92. The normalized spacial score (nSPS) is 33.5. The van der Waals surface area contributed by atoms with Gasteiger partial charge < -0.3 is 14.4 Å². The molecule has 22 heavy (non-hydrogen) atoms. The first-order valence-corrected chi connectivity index (χ1v) is 8.31. The highest BCUT2D eigenvalue weighted by atomic mass is 16.5. The van der Waals surface area contributed by atoms with Gasteiger partial charge >= 0.3 is 0 Å². The van der Waals surface area contributed by atoms with Gasteiger partial charge in [0.05, 0.1) is 20.0 Å². The van der Waals surface area contributed by atoms with Gasteiger partial charge in [0, 0.05) is 17.9 Å². The summed E-state index contributed by atoms with van der Waals surface area (Å²) in [4.78, 5) is 2.57. The number of allylic oxidation sites excluding steroid dienone is 2. The minimum Gasteiger partial charge on any atom is -0.501 e. The molecule has 0 spiro atoms. The van der Waals surface area contributed by atoms with E-state index >= 15 is 0 Å². The van der Waals surface area contributed by atoms with E-state index in [1.807, 2.05) is 7.11 Å². The zero-order valence-electron chi connectivity index (χ0n) is 13.8. The van der Waals surface area contributed by atoms with E-state index in [0.29, 0.717) is 12.0 Å². The number of hydrogen-bond acceptors (Lipinski definition) is 3. The Bertz CT molecular complexity index is 624. The molecule has 1 heterocycles. The Morgan fingerprint density at radius 2 is 2.09 bits per heavy atom. The molecule has 0 saturated carbocycles. The van der Waals surface area contributed by atoms with Crippen LogP contribution in [0, 0.1) is 5.92 Å². The average Bonchev–Trinajstić information content (AvgIpc) is 2.57. The molecule has 3 aliphatic rings. The van der Waals surface area contributed by atoms with Gasteiger partial charge in [-0.2, -0.15) is 0 Å². The molecule has 1 aromatic carbocycles. The van der Waals surface area contributed by atoms with Crippen molar-refractivity contribution in [1.29, 1.82) is 0 Å². The van der Waals surface area contributed by atoms with Crippen LogP contribution in [0.4, 0.5) is 0 Å². The Labute approximate surface area is 132 Å². The van der Waals surface area contributed by atoms with Gasteiger partial charge in [-0.05, 0) is 68.1 Å². The van der Waals surface area contributed by atoms with Gasteiger partial charge in [0.25, 0.3) is 0 Å².